The van der Waals surface area contributed by atoms with Crippen molar-refractivity contribution >= 4 is 23.4 Å². The minimum absolute atomic E-state index is 0.0794. The second kappa shape index (κ2) is 10.3. The van der Waals surface area contributed by atoms with Gasteiger partial charge in [0.25, 0.3) is 0 Å². The summed E-state index contributed by atoms with van der Waals surface area (Å²) >= 11 is 0. The first-order valence-electron chi connectivity index (χ1n) is 14.3. The first-order valence-corrected chi connectivity index (χ1v) is 14.3. The number of fused-ring (bicyclic) bond motifs is 1. The fraction of sp³-hybridized carbons (Fsp3) is 0.469. The number of likely N-dealkylation sites (tertiary alicyclic amines) is 1. The summed E-state index contributed by atoms with van der Waals surface area (Å²) in [5, 5.41) is 6.30. The van der Waals surface area contributed by atoms with E-state index in [0.29, 0.717) is 24.6 Å². The van der Waals surface area contributed by atoms with E-state index in [9.17, 15) is 14.4 Å². The SMILES string of the molecule is Cc1cccc(NC(=O)[C@@H]2[C@@H]3C=C[C@]4(O3)[C@@H]2C(=O)N(CCc2ccccc2)[C@H]4C(=O)N[C@H]2CCCC[C@H]2C)c1. The molecule has 2 N–H and O–H groups in total. The van der Waals surface area contributed by atoms with E-state index >= 15 is 0 Å². The van der Waals surface area contributed by atoms with E-state index in [1.165, 1.54) is 6.42 Å². The van der Waals surface area contributed by atoms with Crippen molar-refractivity contribution in [3.05, 3.63) is 77.9 Å². The van der Waals surface area contributed by atoms with Gasteiger partial charge in [0.1, 0.15) is 11.6 Å². The van der Waals surface area contributed by atoms with E-state index in [4.69, 9.17) is 4.74 Å². The van der Waals surface area contributed by atoms with Crippen molar-refractivity contribution in [1.29, 1.82) is 0 Å². The Morgan fingerprint density at radius 3 is 2.62 bits per heavy atom. The van der Waals surface area contributed by atoms with E-state index in [1.807, 2.05) is 73.7 Å². The van der Waals surface area contributed by atoms with Crippen molar-refractivity contribution in [2.24, 2.45) is 17.8 Å². The van der Waals surface area contributed by atoms with Gasteiger partial charge in [0.2, 0.25) is 17.7 Å². The third-order valence-electron chi connectivity index (χ3n) is 9.13. The molecule has 0 unspecified atom stereocenters. The molecule has 4 aliphatic rings. The number of amides is 3. The molecule has 1 spiro atoms. The number of anilines is 1. The Morgan fingerprint density at radius 1 is 1.05 bits per heavy atom. The zero-order chi connectivity index (χ0) is 27.1. The normalized spacial score (nSPS) is 32.8. The molecule has 0 radical (unpaired) electrons. The molecule has 2 aromatic carbocycles. The average Bonchev–Trinajstić information content (AvgIpc) is 3.56. The summed E-state index contributed by atoms with van der Waals surface area (Å²) in [5.74, 6) is -1.67. The molecule has 6 rings (SSSR count). The molecule has 3 amide bonds. The molecule has 204 valence electrons. The number of nitrogens with zero attached hydrogens (tertiary/aromatic N) is 1. The van der Waals surface area contributed by atoms with E-state index in [-0.39, 0.29) is 23.8 Å². The van der Waals surface area contributed by atoms with Gasteiger partial charge in [-0.25, -0.2) is 0 Å². The minimum atomic E-state index is -1.14. The summed E-state index contributed by atoms with van der Waals surface area (Å²) < 4.78 is 6.49. The van der Waals surface area contributed by atoms with Crippen LogP contribution in [0.5, 0.6) is 0 Å². The van der Waals surface area contributed by atoms with Crippen LogP contribution in [-0.2, 0) is 25.5 Å². The first kappa shape index (κ1) is 25.8. The quantitative estimate of drug-likeness (QED) is 0.533. The Balaban J connectivity index is 1.30. The summed E-state index contributed by atoms with van der Waals surface area (Å²) in [4.78, 5) is 43.5. The monoisotopic (exact) mass is 527 g/mol. The lowest BCUT2D eigenvalue weighted by molar-refractivity contribution is -0.141. The average molecular weight is 528 g/mol. The topological polar surface area (TPSA) is 87.7 Å². The van der Waals surface area contributed by atoms with Crippen LogP contribution < -0.4 is 10.6 Å². The Morgan fingerprint density at radius 2 is 1.85 bits per heavy atom. The molecule has 2 saturated heterocycles. The van der Waals surface area contributed by atoms with Crippen LogP contribution in [0.1, 0.15) is 43.7 Å². The molecule has 39 heavy (non-hydrogen) atoms. The third kappa shape index (κ3) is 4.56. The Bertz CT molecular complexity index is 1290. The number of ether oxygens (including phenoxy) is 1. The number of hydrogen-bond donors (Lipinski definition) is 2. The molecule has 2 bridgehead atoms. The molecule has 2 aromatic rings. The molecule has 3 fully saturated rings. The van der Waals surface area contributed by atoms with Crippen LogP contribution in [-0.4, -0.2) is 53.0 Å². The van der Waals surface area contributed by atoms with E-state index in [0.717, 1.165) is 30.4 Å². The number of aryl methyl sites for hydroxylation is 1. The summed E-state index contributed by atoms with van der Waals surface area (Å²) in [6.45, 7) is 4.53. The molecular formula is C32H37N3O4. The van der Waals surface area contributed by atoms with Crippen molar-refractivity contribution in [2.45, 2.75) is 69.7 Å². The highest BCUT2D eigenvalue weighted by atomic mass is 16.5. The molecular weight excluding hydrogens is 490 g/mol. The number of benzene rings is 2. The fourth-order valence-electron chi connectivity index (χ4n) is 7.14. The fourth-order valence-corrected chi connectivity index (χ4v) is 7.14. The second-order valence-corrected chi connectivity index (χ2v) is 11.7. The zero-order valence-corrected chi connectivity index (χ0v) is 22.6. The number of carbonyl (C=O) groups excluding carboxylic acids is 3. The Kier molecular flexibility index (Phi) is 6.79. The van der Waals surface area contributed by atoms with Gasteiger partial charge in [-0.3, -0.25) is 14.4 Å². The lowest BCUT2D eigenvalue weighted by atomic mass is 9.74. The van der Waals surface area contributed by atoms with Crippen LogP contribution in [0.25, 0.3) is 0 Å². The highest BCUT2D eigenvalue weighted by molar-refractivity contribution is 6.02. The van der Waals surface area contributed by atoms with Gasteiger partial charge in [-0.05, 0) is 55.4 Å². The van der Waals surface area contributed by atoms with Gasteiger partial charge < -0.3 is 20.3 Å². The van der Waals surface area contributed by atoms with E-state index in [2.05, 4.69) is 17.6 Å². The van der Waals surface area contributed by atoms with Crippen LogP contribution in [0.4, 0.5) is 5.69 Å². The van der Waals surface area contributed by atoms with Crippen LogP contribution in [0, 0.1) is 24.7 Å². The lowest BCUT2D eigenvalue weighted by Gasteiger charge is -2.36. The number of carbonyl (C=O) groups is 3. The van der Waals surface area contributed by atoms with Crippen molar-refractivity contribution in [3.8, 4) is 0 Å². The Labute approximate surface area is 230 Å². The van der Waals surface area contributed by atoms with Crippen LogP contribution in [0.3, 0.4) is 0 Å². The minimum Gasteiger partial charge on any atom is -0.359 e. The number of hydrogen-bond acceptors (Lipinski definition) is 4. The summed E-state index contributed by atoms with van der Waals surface area (Å²) in [6.07, 6.45) is 8.12. The van der Waals surface area contributed by atoms with Crippen molar-refractivity contribution in [1.82, 2.24) is 10.2 Å². The third-order valence-corrected chi connectivity index (χ3v) is 9.13. The Hall–Kier alpha value is -3.45. The van der Waals surface area contributed by atoms with Crippen LogP contribution in [0.15, 0.2) is 66.7 Å². The van der Waals surface area contributed by atoms with E-state index < -0.39 is 29.6 Å². The molecule has 1 aliphatic carbocycles. The molecule has 7 heteroatoms. The smallest absolute Gasteiger partial charge is 0.246 e. The van der Waals surface area contributed by atoms with Gasteiger partial charge in [-0.1, -0.05) is 74.4 Å². The molecule has 3 aliphatic heterocycles. The largest absolute Gasteiger partial charge is 0.359 e. The van der Waals surface area contributed by atoms with Crippen LogP contribution in [0.2, 0.25) is 0 Å². The van der Waals surface area contributed by atoms with Gasteiger partial charge in [0.05, 0.1) is 17.9 Å². The second-order valence-electron chi connectivity index (χ2n) is 11.7. The maximum absolute atomic E-state index is 14.1. The standard InChI is InChI=1S/C32H37N3O4/c1-20-9-8-13-23(19-20)33-29(36)26-25-15-17-32(39-25)27(26)31(38)35(18-16-22-11-4-3-5-12-22)28(32)30(37)34-24-14-7-6-10-21(24)2/h3-5,8-9,11-13,15,17,19,21,24-28H,6-7,10,14,16,18H2,1-2H3,(H,33,36)(H,34,37)/t21-,24+,25+,26-,27+,28+,32+/m1/s1. The molecule has 1 saturated carbocycles. The maximum Gasteiger partial charge on any atom is 0.246 e. The van der Waals surface area contributed by atoms with Gasteiger partial charge in [-0.15, -0.1) is 0 Å². The number of rotatable bonds is 7. The molecule has 3 heterocycles. The van der Waals surface area contributed by atoms with Gasteiger partial charge >= 0.3 is 0 Å². The highest BCUT2D eigenvalue weighted by Crippen LogP contribution is 2.55. The number of nitrogens with one attached hydrogen (secondary N) is 2. The first-order chi connectivity index (χ1) is 18.9. The van der Waals surface area contributed by atoms with Crippen molar-refractivity contribution in [3.63, 3.8) is 0 Å². The predicted molar refractivity (Wildman–Crippen MR) is 149 cm³/mol. The molecule has 7 atom stereocenters. The molecule has 7 nitrogen and oxygen atoms in total. The lowest BCUT2D eigenvalue weighted by Crippen LogP contribution is -2.57. The van der Waals surface area contributed by atoms with Gasteiger partial charge in [0.15, 0.2) is 0 Å². The zero-order valence-electron chi connectivity index (χ0n) is 22.6. The highest BCUT2D eigenvalue weighted by Gasteiger charge is 2.72. The van der Waals surface area contributed by atoms with Gasteiger partial charge in [0, 0.05) is 18.3 Å². The summed E-state index contributed by atoms with van der Waals surface area (Å²) in [5.41, 5.74) is 1.67. The van der Waals surface area contributed by atoms with Crippen molar-refractivity contribution < 1.29 is 19.1 Å². The van der Waals surface area contributed by atoms with Crippen LogP contribution >= 0.6 is 0 Å². The van der Waals surface area contributed by atoms with Gasteiger partial charge in [-0.2, -0.15) is 0 Å². The summed E-state index contributed by atoms with van der Waals surface area (Å²) in [7, 11) is 0. The van der Waals surface area contributed by atoms with Crippen molar-refractivity contribution in [2.75, 3.05) is 11.9 Å². The summed E-state index contributed by atoms with van der Waals surface area (Å²) in [6, 6.07) is 16.8. The van der Waals surface area contributed by atoms with E-state index in [1.54, 1.807) is 4.90 Å². The maximum atomic E-state index is 14.1. The predicted octanol–water partition coefficient (Wildman–Crippen LogP) is 4.02. The molecule has 0 aromatic heterocycles.